The van der Waals surface area contributed by atoms with Crippen molar-refractivity contribution in [3.8, 4) is 0 Å². The number of ketones is 1. The molecule has 1 aromatic carbocycles. The standard InChI is InChI=1S/C14H15NO2S/c1-14(2,17-3)11-9-18-13(15-11)12(16)10-7-5-4-6-8-10/h4-9H,1-3H3. The van der Waals surface area contributed by atoms with E-state index in [1.807, 2.05) is 37.4 Å². The van der Waals surface area contributed by atoms with E-state index in [4.69, 9.17) is 4.74 Å². The van der Waals surface area contributed by atoms with Crippen molar-refractivity contribution in [2.45, 2.75) is 19.4 Å². The van der Waals surface area contributed by atoms with Crippen molar-refractivity contribution in [2.24, 2.45) is 0 Å². The molecule has 94 valence electrons. The van der Waals surface area contributed by atoms with Gasteiger partial charge in [0.15, 0.2) is 5.01 Å². The Kier molecular flexibility index (Phi) is 3.59. The van der Waals surface area contributed by atoms with Gasteiger partial charge in [0.1, 0.15) is 5.60 Å². The molecule has 0 N–H and O–H groups in total. The monoisotopic (exact) mass is 261 g/mol. The van der Waals surface area contributed by atoms with Crippen LogP contribution in [-0.2, 0) is 10.3 Å². The van der Waals surface area contributed by atoms with Gasteiger partial charge in [-0.2, -0.15) is 0 Å². The van der Waals surface area contributed by atoms with Crippen molar-refractivity contribution in [1.82, 2.24) is 4.98 Å². The normalized spacial score (nSPS) is 11.5. The Labute approximate surface area is 110 Å². The number of carbonyl (C=O) groups is 1. The van der Waals surface area contributed by atoms with Crippen molar-refractivity contribution in [3.63, 3.8) is 0 Å². The van der Waals surface area contributed by atoms with Crippen LogP contribution in [0.4, 0.5) is 0 Å². The molecule has 1 aromatic heterocycles. The van der Waals surface area contributed by atoms with Gasteiger partial charge in [-0.1, -0.05) is 30.3 Å². The van der Waals surface area contributed by atoms with Crippen molar-refractivity contribution < 1.29 is 9.53 Å². The Hall–Kier alpha value is -1.52. The van der Waals surface area contributed by atoms with Crippen LogP contribution in [0.2, 0.25) is 0 Å². The molecule has 18 heavy (non-hydrogen) atoms. The summed E-state index contributed by atoms with van der Waals surface area (Å²) in [4.78, 5) is 16.6. The van der Waals surface area contributed by atoms with E-state index in [2.05, 4.69) is 4.98 Å². The lowest BCUT2D eigenvalue weighted by atomic mass is 10.1. The van der Waals surface area contributed by atoms with E-state index in [0.717, 1.165) is 5.69 Å². The fourth-order valence-electron chi connectivity index (χ4n) is 1.47. The molecule has 0 aliphatic heterocycles. The topological polar surface area (TPSA) is 39.2 Å². The second-order valence-corrected chi connectivity index (χ2v) is 5.31. The number of hydrogen-bond acceptors (Lipinski definition) is 4. The average molecular weight is 261 g/mol. The van der Waals surface area contributed by atoms with E-state index in [1.54, 1.807) is 19.2 Å². The number of rotatable bonds is 4. The van der Waals surface area contributed by atoms with Crippen LogP contribution in [0.25, 0.3) is 0 Å². The van der Waals surface area contributed by atoms with Gasteiger partial charge in [-0.3, -0.25) is 4.79 Å². The van der Waals surface area contributed by atoms with Gasteiger partial charge in [0.05, 0.1) is 5.69 Å². The minimum Gasteiger partial charge on any atom is -0.372 e. The fourth-order valence-corrected chi connectivity index (χ4v) is 2.41. The Balaban J connectivity index is 2.29. The summed E-state index contributed by atoms with van der Waals surface area (Å²) in [5, 5.41) is 2.38. The first-order valence-corrected chi connectivity index (χ1v) is 6.53. The highest BCUT2D eigenvalue weighted by atomic mass is 32.1. The summed E-state index contributed by atoms with van der Waals surface area (Å²) < 4.78 is 5.36. The molecule has 0 saturated carbocycles. The minimum absolute atomic E-state index is 0.0428. The van der Waals surface area contributed by atoms with Gasteiger partial charge >= 0.3 is 0 Å². The van der Waals surface area contributed by atoms with E-state index in [9.17, 15) is 4.79 Å². The molecule has 2 aromatic rings. The number of hydrogen-bond donors (Lipinski definition) is 0. The number of thiazole rings is 1. The van der Waals surface area contributed by atoms with Crippen molar-refractivity contribution >= 4 is 17.1 Å². The van der Waals surface area contributed by atoms with Crippen molar-refractivity contribution in [1.29, 1.82) is 0 Å². The summed E-state index contributed by atoms with van der Waals surface area (Å²) in [6, 6.07) is 9.18. The molecule has 2 rings (SSSR count). The molecular formula is C14H15NO2S. The molecule has 0 aliphatic carbocycles. The van der Waals surface area contributed by atoms with Crippen LogP contribution in [0.5, 0.6) is 0 Å². The molecule has 4 heteroatoms. The Morgan fingerprint density at radius 1 is 1.28 bits per heavy atom. The summed E-state index contributed by atoms with van der Waals surface area (Å²) in [5.41, 5.74) is 0.981. The maximum Gasteiger partial charge on any atom is 0.221 e. The second-order valence-electron chi connectivity index (χ2n) is 4.45. The van der Waals surface area contributed by atoms with Crippen molar-refractivity contribution in [2.75, 3.05) is 7.11 Å². The van der Waals surface area contributed by atoms with Gasteiger partial charge in [-0.15, -0.1) is 11.3 Å². The Morgan fingerprint density at radius 2 is 1.94 bits per heavy atom. The molecule has 0 spiro atoms. The largest absolute Gasteiger partial charge is 0.372 e. The number of aromatic nitrogens is 1. The smallest absolute Gasteiger partial charge is 0.221 e. The maximum atomic E-state index is 12.2. The lowest BCUT2D eigenvalue weighted by Crippen LogP contribution is -2.20. The average Bonchev–Trinajstić information content (AvgIpc) is 2.89. The number of benzene rings is 1. The first-order chi connectivity index (χ1) is 8.54. The van der Waals surface area contributed by atoms with Gasteiger partial charge < -0.3 is 4.74 Å². The van der Waals surface area contributed by atoms with Crippen LogP contribution >= 0.6 is 11.3 Å². The molecule has 0 bridgehead atoms. The van der Waals surface area contributed by atoms with E-state index >= 15 is 0 Å². The van der Waals surface area contributed by atoms with Gasteiger partial charge in [0.25, 0.3) is 0 Å². The number of ether oxygens (including phenoxy) is 1. The zero-order valence-electron chi connectivity index (χ0n) is 10.6. The van der Waals surface area contributed by atoms with E-state index in [0.29, 0.717) is 10.6 Å². The van der Waals surface area contributed by atoms with Crippen LogP contribution in [-0.4, -0.2) is 17.9 Å². The van der Waals surface area contributed by atoms with Crippen LogP contribution in [0, 0.1) is 0 Å². The molecule has 3 nitrogen and oxygen atoms in total. The molecular weight excluding hydrogens is 246 g/mol. The second kappa shape index (κ2) is 5.00. The molecule has 1 heterocycles. The molecule has 0 amide bonds. The molecule has 0 radical (unpaired) electrons. The van der Waals surface area contributed by atoms with Gasteiger partial charge in [-0.05, 0) is 13.8 Å². The molecule has 0 atom stereocenters. The third-order valence-corrected chi connectivity index (χ3v) is 3.70. The number of methoxy groups -OCH3 is 1. The van der Waals surface area contributed by atoms with Crippen molar-refractivity contribution in [3.05, 3.63) is 52.0 Å². The molecule has 0 aliphatic rings. The zero-order chi connectivity index (χ0) is 13.2. The predicted molar refractivity (Wildman–Crippen MR) is 72.0 cm³/mol. The summed E-state index contributed by atoms with van der Waals surface area (Å²) in [5.74, 6) is -0.0428. The summed E-state index contributed by atoms with van der Waals surface area (Å²) in [7, 11) is 1.64. The predicted octanol–water partition coefficient (Wildman–Crippen LogP) is 3.26. The number of carbonyl (C=O) groups excluding carboxylic acids is 1. The Morgan fingerprint density at radius 3 is 2.56 bits per heavy atom. The van der Waals surface area contributed by atoms with E-state index in [1.165, 1.54) is 11.3 Å². The van der Waals surface area contributed by atoms with E-state index in [-0.39, 0.29) is 5.78 Å². The molecule has 0 saturated heterocycles. The van der Waals surface area contributed by atoms with Gasteiger partial charge in [-0.25, -0.2) is 4.98 Å². The third-order valence-electron chi connectivity index (χ3n) is 2.86. The fraction of sp³-hybridized carbons (Fsp3) is 0.286. The van der Waals surface area contributed by atoms with Gasteiger partial charge in [0.2, 0.25) is 5.78 Å². The summed E-state index contributed by atoms with van der Waals surface area (Å²) >= 11 is 1.35. The number of nitrogens with zero attached hydrogens (tertiary/aromatic N) is 1. The first-order valence-electron chi connectivity index (χ1n) is 5.65. The van der Waals surface area contributed by atoms with Gasteiger partial charge in [0, 0.05) is 18.1 Å². The van der Waals surface area contributed by atoms with Crippen LogP contribution in [0.3, 0.4) is 0 Å². The first kappa shape index (κ1) is 12.9. The summed E-state index contributed by atoms with van der Waals surface area (Å²) in [6.07, 6.45) is 0. The van der Waals surface area contributed by atoms with Crippen LogP contribution < -0.4 is 0 Å². The zero-order valence-corrected chi connectivity index (χ0v) is 11.5. The SMILES string of the molecule is COC(C)(C)c1csc(C(=O)c2ccccc2)n1. The lowest BCUT2D eigenvalue weighted by Gasteiger charge is -2.19. The Bertz CT molecular complexity index is 546. The quantitative estimate of drug-likeness (QED) is 0.793. The summed E-state index contributed by atoms with van der Waals surface area (Å²) in [6.45, 7) is 3.86. The lowest BCUT2D eigenvalue weighted by molar-refractivity contribution is 0.0159. The third kappa shape index (κ3) is 2.49. The molecule has 0 fully saturated rings. The minimum atomic E-state index is -0.467. The highest BCUT2D eigenvalue weighted by Crippen LogP contribution is 2.26. The highest BCUT2D eigenvalue weighted by Gasteiger charge is 2.24. The van der Waals surface area contributed by atoms with E-state index < -0.39 is 5.60 Å². The van der Waals surface area contributed by atoms with Crippen LogP contribution in [0.15, 0.2) is 35.7 Å². The maximum absolute atomic E-state index is 12.2. The highest BCUT2D eigenvalue weighted by molar-refractivity contribution is 7.12. The molecule has 0 unspecified atom stereocenters. The van der Waals surface area contributed by atoms with Crippen LogP contribution in [0.1, 0.15) is 34.9 Å².